The first kappa shape index (κ1) is 12.5. The zero-order valence-corrected chi connectivity index (χ0v) is 11.3. The van der Waals surface area contributed by atoms with Gasteiger partial charge >= 0.3 is 5.97 Å². The van der Waals surface area contributed by atoms with Gasteiger partial charge in [0.05, 0.1) is 5.56 Å². The molecule has 2 aromatic rings. The van der Waals surface area contributed by atoms with Crippen LogP contribution in [0.15, 0.2) is 36.4 Å². The largest absolute Gasteiger partial charge is 0.507 e. The maximum Gasteiger partial charge on any atom is 0.344 e. The molecule has 0 aromatic heterocycles. The van der Waals surface area contributed by atoms with Gasteiger partial charge in [0, 0.05) is 5.56 Å². The lowest BCUT2D eigenvalue weighted by atomic mass is 10.0. The van der Waals surface area contributed by atoms with E-state index in [0.29, 0.717) is 17.1 Å². The first-order valence-corrected chi connectivity index (χ1v) is 6.40. The van der Waals surface area contributed by atoms with E-state index in [1.165, 1.54) is 0 Å². The molecular formula is C17H14O3. The fourth-order valence-corrected chi connectivity index (χ4v) is 2.42. The molecule has 0 amide bonds. The molecule has 0 atom stereocenters. The summed E-state index contributed by atoms with van der Waals surface area (Å²) < 4.78 is 5.31. The molecule has 1 aliphatic heterocycles. The third kappa shape index (κ3) is 1.97. The van der Waals surface area contributed by atoms with Crippen LogP contribution in [0.1, 0.15) is 32.6 Å². The van der Waals surface area contributed by atoms with Crippen molar-refractivity contribution in [3.05, 3.63) is 64.2 Å². The molecule has 0 fully saturated rings. The fourth-order valence-electron chi connectivity index (χ4n) is 2.42. The Morgan fingerprint density at radius 3 is 2.30 bits per heavy atom. The summed E-state index contributed by atoms with van der Waals surface area (Å²) in [6, 6.07) is 11.0. The van der Waals surface area contributed by atoms with Crippen molar-refractivity contribution in [1.29, 1.82) is 0 Å². The van der Waals surface area contributed by atoms with Crippen molar-refractivity contribution in [3.63, 3.8) is 0 Å². The quantitative estimate of drug-likeness (QED) is 0.801. The standard InChI is InChI=1S/C17H14O3/c1-10-7-12(8-11(2)16(10)18)9-15-13-5-3-4-6-14(13)17(19)20-15/h3-9,18H,1-2H3/b15-9-. The Morgan fingerprint density at radius 2 is 1.65 bits per heavy atom. The summed E-state index contributed by atoms with van der Waals surface area (Å²) in [7, 11) is 0. The zero-order valence-electron chi connectivity index (χ0n) is 11.3. The first-order valence-electron chi connectivity index (χ1n) is 6.40. The van der Waals surface area contributed by atoms with Gasteiger partial charge in [-0.2, -0.15) is 0 Å². The number of aryl methyl sites for hydroxylation is 2. The SMILES string of the molecule is Cc1cc(/C=C2\OC(=O)c3ccccc32)cc(C)c1O. The third-order valence-corrected chi connectivity index (χ3v) is 3.43. The molecule has 1 heterocycles. The molecule has 20 heavy (non-hydrogen) atoms. The molecule has 100 valence electrons. The predicted octanol–water partition coefficient (Wildman–Crippen LogP) is 3.68. The van der Waals surface area contributed by atoms with Crippen molar-refractivity contribution in [3.8, 4) is 5.75 Å². The van der Waals surface area contributed by atoms with Crippen LogP contribution in [0.4, 0.5) is 0 Å². The van der Waals surface area contributed by atoms with Gasteiger partial charge in [0.15, 0.2) is 0 Å². The minimum absolute atomic E-state index is 0.302. The molecule has 0 saturated heterocycles. The van der Waals surface area contributed by atoms with Crippen molar-refractivity contribution in [1.82, 2.24) is 0 Å². The van der Waals surface area contributed by atoms with Crippen molar-refractivity contribution >= 4 is 17.8 Å². The number of ether oxygens (including phenoxy) is 1. The maximum atomic E-state index is 11.8. The second-order valence-corrected chi connectivity index (χ2v) is 4.95. The Bertz CT molecular complexity index is 719. The number of phenols is 1. The number of aromatic hydroxyl groups is 1. The maximum absolute atomic E-state index is 11.8. The van der Waals surface area contributed by atoms with Crippen molar-refractivity contribution in [2.45, 2.75) is 13.8 Å². The highest BCUT2D eigenvalue weighted by molar-refractivity contribution is 6.05. The van der Waals surface area contributed by atoms with Crippen LogP contribution >= 0.6 is 0 Å². The number of carbonyl (C=O) groups excluding carboxylic acids is 1. The molecule has 0 spiro atoms. The number of fused-ring (bicyclic) bond motifs is 1. The molecule has 3 nitrogen and oxygen atoms in total. The monoisotopic (exact) mass is 266 g/mol. The molecule has 2 aromatic carbocycles. The lowest BCUT2D eigenvalue weighted by Gasteiger charge is -2.05. The lowest BCUT2D eigenvalue weighted by molar-refractivity contribution is 0.0717. The van der Waals surface area contributed by atoms with Gasteiger partial charge in [-0.1, -0.05) is 18.2 Å². The second-order valence-electron chi connectivity index (χ2n) is 4.95. The van der Waals surface area contributed by atoms with E-state index in [1.807, 2.05) is 50.3 Å². The second kappa shape index (κ2) is 4.53. The molecule has 3 heteroatoms. The van der Waals surface area contributed by atoms with E-state index in [4.69, 9.17) is 4.74 Å². The van der Waals surface area contributed by atoms with Crippen molar-refractivity contribution in [2.75, 3.05) is 0 Å². The van der Waals surface area contributed by atoms with Gasteiger partial charge < -0.3 is 9.84 Å². The molecule has 0 aliphatic carbocycles. The molecule has 0 bridgehead atoms. The summed E-state index contributed by atoms with van der Waals surface area (Å²) in [5.41, 5.74) is 3.90. The van der Waals surface area contributed by atoms with Crippen LogP contribution in [0.5, 0.6) is 5.75 Å². The third-order valence-electron chi connectivity index (χ3n) is 3.43. The molecular weight excluding hydrogens is 252 g/mol. The van der Waals surface area contributed by atoms with Crippen LogP contribution in [-0.4, -0.2) is 11.1 Å². The molecule has 1 aliphatic rings. The van der Waals surface area contributed by atoms with Crippen LogP contribution in [-0.2, 0) is 4.74 Å². The Hall–Kier alpha value is -2.55. The summed E-state index contributed by atoms with van der Waals surface area (Å²) in [6.07, 6.45) is 1.82. The fraction of sp³-hybridized carbons (Fsp3) is 0.118. The summed E-state index contributed by atoms with van der Waals surface area (Å²) in [4.78, 5) is 11.8. The van der Waals surface area contributed by atoms with E-state index >= 15 is 0 Å². The van der Waals surface area contributed by atoms with E-state index < -0.39 is 0 Å². The summed E-state index contributed by atoms with van der Waals surface area (Å²) in [5.74, 6) is 0.533. The average molecular weight is 266 g/mol. The number of rotatable bonds is 1. The van der Waals surface area contributed by atoms with Gasteiger partial charge in [-0.15, -0.1) is 0 Å². The number of cyclic esters (lactones) is 1. The number of benzene rings is 2. The van der Waals surface area contributed by atoms with Gasteiger partial charge in [0.25, 0.3) is 0 Å². The van der Waals surface area contributed by atoms with Gasteiger partial charge in [-0.25, -0.2) is 4.79 Å². The normalized spacial score (nSPS) is 15.3. The zero-order chi connectivity index (χ0) is 14.3. The Kier molecular flexibility index (Phi) is 2.83. The minimum atomic E-state index is -0.320. The van der Waals surface area contributed by atoms with Crippen LogP contribution in [0.25, 0.3) is 11.8 Å². The lowest BCUT2D eigenvalue weighted by Crippen LogP contribution is -1.92. The molecule has 0 unspecified atom stereocenters. The van der Waals surface area contributed by atoms with Gasteiger partial charge in [0.1, 0.15) is 11.5 Å². The number of phenolic OH excluding ortho intramolecular Hbond substituents is 1. The van der Waals surface area contributed by atoms with E-state index in [1.54, 1.807) is 6.07 Å². The van der Waals surface area contributed by atoms with Crippen LogP contribution in [0.2, 0.25) is 0 Å². The summed E-state index contributed by atoms with van der Waals surface area (Å²) in [6.45, 7) is 3.69. The van der Waals surface area contributed by atoms with Crippen LogP contribution in [0, 0.1) is 13.8 Å². The van der Waals surface area contributed by atoms with E-state index in [2.05, 4.69) is 0 Å². The number of esters is 1. The van der Waals surface area contributed by atoms with Gasteiger partial charge in [0.2, 0.25) is 0 Å². The van der Waals surface area contributed by atoms with E-state index in [-0.39, 0.29) is 5.97 Å². The first-order chi connectivity index (χ1) is 9.56. The predicted molar refractivity (Wildman–Crippen MR) is 77.3 cm³/mol. The molecule has 0 saturated carbocycles. The van der Waals surface area contributed by atoms with Gasteiger partial charge in [-0.05, 0) is 54.8 Å². The Balaban J connectivity index is 2.09. The van der Waals surface area contributed by atoms with Crippen LogP contribution in [0.3, 0.4) is 0 Å². The smallest absolute Gasteiger partial charge is 0.344 e. The average Bonchev–Trinajstić information content (AvgIpc) is 2.73. The van der Waals surface area contributed by atoms with Crippen molar-refractivity contribution in [2.24, 2.45) is 0 Å². The highest BCUT2D eigenvalue weighted by atomic mass is 16.5. The summed E-state index contributed by atoms with van der Waals surface area (Å²) >= 11 is 0. The molecule has 1 N–H and O–H groups in total. The van der Waals surface area contributed by atoms with Gasteiger partial charge in [-0.3, -0.25) is 0 Å². The number of carbonyl (C=O) groups is 1. The summed E-state index contributed by atoms with van der Waals surface area (Å²) in [5, 5.41) is 9.79. The highest BCUT2D eigenvalue weighted by Gasteiger charge is 2.25. The topological polar surface area (TPSA) is 46.5 Å². The molecule has 3 rings (SSSR count). The number of hydrogen-bond acceptors (Lipinski definition) is 3. The Morgan fingerprint density at radius 1 is 1.05 bits per heavy atom. The van der Waals surface area contributed by atoms with E-state index in [9.17, 15) is 9.90 Å². The minimum Gasteiger partial charge on any atom is -0.507 e. The van der Waals surface area contributed by atoms with Crippen molar-refractivity contribution < 1.29 is 14.6 Å². The van der Waals surface area contributed by atoms with E-state index in [0.717, 1.165) is 22.3 Å². The molecule has 0 radical (unpaired) electrons. The Labute approximate surface area is 117 Å². The van der Waals surface area contributed by atoms with Crippen LogP contribution < -0.4 is 0 Å². The number of hydrogen-bond donors (Lipinski definition) is 1. The highest BCUT2D eigenvalue weighted by Crippen LogP contribution is 2.32.